The Labute approximate surface area is 131 Å². The fraction of sp³-hybridized carbons (Fsp3) is 0.619. The van der Waals surface area contributed by atoms with Crippen molar-refractivity contribution in [3.05, 3.63) is 47.5 Å². The highest BCUT2D eigenvalue weighted by Gasteiger charge is 2.37. The molecule has 0 spiro atoms. The van der Waals surface area contributed by atoms with Gasteiger partial charge in [0.2, 0.25) is 0 Å². The maximum absolute atomic E-state index is 4.07. The van der Waals surface area contributed by atoms with Crippen LogP contribution in [0.1, 0.15) is 83.4 Å². The second-order valence-electron chi connectivity index (χ2n) is 8.54. The Hall–Kier alpha value is -1.04. The molecule has 1 aliphatic carbocycles. The van der Waals surface area contributed by atoms with E-state index < -0.39 is 0 Å². The van der Waals surface area contributed by atoms with Gasteiger partial charge in [-0.15, -0.1) is 6.58 Å². The Bertz CT molecular complexity index is 517. The molecule has 0 aromatic heterocycles. The molecule has 0 saturated heterocycles. The van der Waals surface area contributed by atoms with Crippen LogP contribution in [-0.2, 0) is 10.8 Å². The second kappa shape index (κ2) is 5.63. The molecule has 0 aliphatic heterocycles. The molecule has 0 N–H and O–H groups in total. The summed E-state index contributed by atoms with van der Waals surface area (Å²) in [6.45, 7) is 18.2. The fourth-order valence-electron chi connectivity index (χ4n) is 3.71. The number of fused-ring (bicyclic) bond motifs is 1. The minimum absolute atomic E-state index is 0.296. The van der Waals surface area contributed by atoms with E-state index in [0.717, 1.165) is 0 Å². The van der Waals surface area contributed by atoms with Gasteiger partial charge < -0.3 is 0 Å². The standard InChI is InChI=1S/C21H32/c1-8-16(13-15(2)3)17-9-10-18-19(14-17)21(6,7)12-11-20(18,4)5/h8-10,14-16H,1,11-13H2,2-7H3. The van der Waals surface area contributed by atoms with E-state index in [1.54, 1.807) is 11.1 Å². The van der Waals surface area contributed by atoms with Crippen LogP contribution in [0.5, 0.6) is 0 Å². The number of benzene rings is 1. The SMILES string of the molecule is C=CC(CC(C)C)c1ccc2c(c1)C(C)(C)CCC2(C)C. The highest BCUT2D eigenvalue weighted by atomic mass is 14.4. The molecule has 0 heteroatoms. The highest BCUT2D eigenvalue weighted by molar-refractivity contribution is 5.45. The molecule has 2 rings (SSSR count). The summed E-state index contributed by atoms with van der Waals surface area (Å²) in [6.07, 6.45) is 5.87. The third-order valence-corrected chi connectivity index (χ3v) is 5.31. The van der Waals surface area contributed by atoms with Crippen LogP contribution in [0.3, 0.4) is 0 Å². The largest absolute Gasteiger partial charge is 0.102 e. The summed E-state index contributed by atoms with van der Waals surface area (Å²) in [6, 6.07) is 7.21. The third kappa shape index (κ3) is 3.25. The monoisotopic (exact) mass is 284 g/mol. The Morgan fingerprint density at radius 2 is 1.62 bits per heavy atom. The lowest BCUT2D eigenvalue weighted by atomic mass is 9.62. The minimum atomic E-state index is 0.296. The summed E-state index contributed by atoms with van der Waals surface area (Å²) in [5, 5.41) is 0. The molecule has 0 heterocycles. The van der Waals surface area contributed by atoms with Crippen molar-refractivity contribution in [3.63, 3.8) is 0 Å². The van der Waals surface area contributed by atoms with Crippen molar-refractivity contribution in [2.24, 2.45) is 5.92 Å². The lowest BCUT2D eigenvalue weighted by molar-refractivity contribution is 0.331. The molecular weight excluding hydrogens is 252 g/mol. The third-order valence-electron chi connectivity index (χ3n) is 5.31. The predicted molar refractivity (Wildman–Crippen MR) is 94.1 cm³/mol. The molecule has 1 aromatic rings. The van der Waals surface area contributed by atoms with E-state index in [1.807, 2.05) is 0 Å². The number of allylic oxidation sites excluding steroid dienone is 1. The van der Waals surface area contributed by atoms with Gasteiger partial charge in [-0.3, -0.25) is 0 Å². The number of hydrogen-bond acceptors (Lipinski definition) is 0. The van der Waals surface area contributed by atoms with E-state index in [2.05, 4.69) is 72.4 Å². The van der Waals surface area contributed by atoms with E-state index in [1.165, 1.54) is 24.8 Å². The van der Waals surface area contributed by atoms with Gasteiger partial charge in [0.1, 0.15) is 0 Å². The lowest BCUT2D eigenvalue weighted by Crippen LogP contribution is -2.34. The molecule has 0 amide bonds. The quantitative estimate of drug-likeness (QED) is 0.565. The fourth-order valence-corrected chi connectivity index (χ4v) is 3.71. The average Bonchev–Trinajstić information content (AvgIpc) is 2.41. The zero-order valence-electron chi connectivity index (χ0n) is 14.8. The molecule has 0 radical (unpaired) electrons. The van der Waals surface area contributed by atoms with Gasteiger partial charge in [-0.25, -0.2) is 0 Å². The van der Waals surface area contributed by atoms with Crippen molar-refractivity contribution < 1.29 is 0 Å². The first-order valence-corrected chi connectivity index (χ1v) is 8.45. The minimum Gasteiger partial charge on any atom is -0.102 e. The van der Waals surface area contributed by atoms with E-state index in [-0.39, 0.29) is 0 Å². The van der Waals surface area contributed by atoms with Crippen LogP contribution in [0, 0.1) is 5.92 Å². The summed E-state index contributed by atoms with van der Waals surface area (Å²) < 4.78 is 0. The van der Waals surface area contributed by atoms with E-state index in [0.29, 0.717) is 22.7 Å². The van der Waals surface area contributed by atoms with Gasteiger partial charge in [-0.2, -0.15) is 0 Å². The summed E-state index contributed by atoms with van der Waals surface area (Å²) in [4.78, 5) is 0. The maximum atomic E-state index is 4.07. The number of hydrogen-bond donors (Lipinski definition) is 0. The molecule has 1 aliphatic rings. The van der Waals surface area contributed by atoms with Crippen LogP contribution in [-0.4, -0.2) is 0 Å². The smallest absolute Gasteiger partial charge is 0.00178 e. The van der Waals surface area contributed by atoms with Crippen molar-refractivity contribution in [1.82, 2.24) is 0 Å². The zero-order valence-corrected chi connectivity index (χ0v) is 14.8. The topological polar surface area (TPSA) is 0 Å². The maximum Gasteiger partial charge on any atom is 0.00178 e. The number of rotatable bonds is 4. The Balaban J connectivity index is 2.48. The first kappa shape index (κ1) is 16.3. The van der Waals surface area contributed by atoms with Gasteiger partial charge in [-0.05, 0) is 52.7 Å². The van der Waals surface area contributed by atoms with E-state index in [9.17, 15) is 0 Å². The van der Waals surface area contributed by atoms with Gasteiger partial charge in [0.25, 0.3) is 0 Å². The van der Waals surface area contributed by atoms with Gasteiger partial charge in [0.15, 0.2) is 0 Å². The van der Waals surface area contributed by atoms with Gasteiger partial charge in [-0.1, -0.05) is 65.8 Å². The summed E-state index contributed by atoms with van der Waals surface area (Å²) in [5.41, 5.74) is 5.17. The molecular formula is C21H32. The van der Waals surface area contributed by atoms with Crippen molar-refractivity contribution in [2.45, 2.75) is 77.6 Å². The Morgan fingerprint density at radius 3 is 2.14 bits per heavy atom. The van der Waals surface area contributed by atoms with Crippen molar-refractivity contribution in [1.29, 1.82) is 0 Å². The van der Waals surface area contributed by atoms with Crippen LogP contribution < -0.4 is 0 Å². The van der Waals surface area contributed by atoms with Gasteiger partial charge in [0.05, 0.1) is 0 Å². The van der Waals surface area contributed by atoms with Crippen LogP contribution in [0.2, 0.25) is 0 Å². The van der Waals surface area contributed by atoms with Crippen LogP contribution in [0.15, 0.2) is 30.9 Å². The molecule has 1 aromatic carbocycles. The van der Waals surface area contributed by atoms with Gasteiger partial charge in [0, 0.05) is 5.92 Å². The molecule has 0 bridgehead atoms. The van der Waals surface area contributed by atoms with Crippen LogP contribution in [0.4, 0.5) is 0 Å². The normalized spacial score (nSPS) is 20.9. The molecule has 21 heavy (non-hydrogen) atoms. The molecule has 1 unspecified atom stereocenters. The Kier molecular flexibility index (Phi) is 4.38. The Morgan fingerprint density at radius 1 is 1.05 bits per heavy atom. The van der Waals surface area contributed by atoms with Crippen LogP contribution >= 0.6 is 0 Å². The highest BCUT2D eigenvalue weighted by Crippen LogP contribution is 2.46. The first-order chi connectivity index (χ1) is 9.67. The lowest BCUT2D eigenvalue weighted by Gasteiger charge is -2.42. The van der Waals surface area contributed by atoms with E-state index in [4.69, 9.17) is 0 Å². The first-order valence-electron chi connectivity index (χ1n) is 8.45. The molecule has 1 atom stereocenters. The van der Waals surface area contributed by atoms with E-state index >= 15 is 0 Å². The molecule has 0 fully saturated rings. The zero-order chi connectivity index (χ0) is 15.8. The van der Waals surface area contributed by atoms with Crippen molar-refractivity contribution in [2.75, 3.05) is 0 Å². The predicted octanol–water partition coefficient (Wildman–Crippen LogP) is 6.35. The average molecular weight is 284 g/mol. The summed E-state index contributed by atoms with van der Waals surface area (Å²) >= 11 is 0. The van der Waals surface area contributed by atoms with Crippen molar-refractivity contribution in [3.8, 4) is 0 Å². The second-order valence-corrected chi connectivity index (χ2v) is 8.54. The molecule has 116 valence electrons. The van der Waals surface area contributed by atoms with Crippen LogP contribution in [0.25, 0.3) is 0 Å². The van der Waals surface area contributed by atoms with Crippen molar-refractivity contribution >= 4 is 0 Å². The molecule has 0 saturated carbocycles. The molecule has 0 nitrogen and oxygen atoms in total. The summed E-state index contributed by atoms with van der Waals surface area (Å²) in [5.74, 6) is 1.18. The summed E-state index contributed by atoms with van der Waals surface area (Å²) in [7, 11) is 0. The van der Waals surface area contributed by atoms with Gasteiger partial charge >= 0.3 is 0 Å².